The lowest BCUT2D eigenvalue weighted by molar-refractivity contribution is -0.139. The number of hydrogen-bond donors (Lipinski definition) is 3. The van der Waals surface area contributed by atoms with Gasteiger partial charge >= 0.3 is 0 Å². The second-order valence-electron chi connectivity index (χ2n) is 10.4. The fourth-order valence-corrected chi connectivity index (χ4v) is 7.49. The van der Waals surface area contributed by atoms with E-state index in [1.807, 2.05) is 18.3 Å². The molecule has 1 heterocycles. The molecule has 160 valence electrons. The van der Waals surface area contributed by atoms with Gasteiger partial charge in [0.15, 0.2) is 5.78 Å². The zero-order valence-corrected chi connectivity index (χ0v) is 18.1. The van der Waals surface area contributed by atoms with Crippen LogP contribution >= 0.6 is 0 Å². The van der Waals surface area contributed by atoms with Crippen LogP contribution in [0.1, 0.15) is 58.1 Å². The minimum atomic E-state index is -0.642. The Morgan fingerprint density at radius 1 is 1.33 bits per heavy atom. The Morgan fingerprint density at radius 3 is 2.83 bits per heavy atom. The van der Waals surface area contributed by atoms with Gasteiger partial charge in [-0.15, -0.1) is 0 Å². The highest BCUT2D eigenvalue weighted by Gasteiger charge is 2.66. The third-order valence-corrected chi connectivity index (χ3v) is 9.43. The summed E-state index contributed by atoms with van der Waals surface area (Å²) in [6.45, 7) is 6.20. The molecule has 5 nitrogen and oxygen atoms in total. The number of rotatable bonds is 3. The third-order valence-electron chi connectivity index (χ3n) is 9.43. The van der Waals surface area contributed by atoms with Crippen molar-refractivity contribution in [3.8, 4) is 0 Å². The van der Waals surface area contributed by atoms with Crippen LogP contribution in [0.25, 0.3) is 0 Å². The van der Waals surface area contributed by atoms with E-state index in [2.05, 4.69) is 42.9 Å². The van der Waals surface area contributed by atoms with Crippen molar-refractivity contribution in [2.75, 3.05) is 6.61 Å². The van der Waals surface area contributed by atoms with Crippen molar-refractivity contribution >= 4 is 5.78 Å². The normalized spacial score (nSPS) is 44.6. The van der Waals surface area contributed by atoms with Crippen LogP contribution in [-0.2, 0) is 4.79 Å². The second kappa shape index (κ2) is 6.51. The predicted octanol–water partition coefficient (Wildman–Crippen LogP) is 3.69. The Balaban J connectivity index is 1.61. The maximum absolute atomic E-state index is 13.2. The zero-order valence-electron chi connectivity index (χ0n) is 18.1. The first kappa shape index (κ1) is 20.0. The van der Waals surface area contributed by atoms with Gasteiger partial charge in [-0.25, -0.2) is 4.98 Å². The van der Waals surface area contributed by atoms with Crippen molar-refractivity contribution in [2.45, 2.75) is 58.5 Å². The van der Waals surface area contributed by atoms with Crippen LogP contribution < -0.4 is 0 Å². The number of aliphatic hydroxyl groups is 2. The van der Waals surface area contributed by atoms with Gasteiger partial charge in [0.05, 0.1) is 12.4 Å². The molecule has 3 N–H and O–H groups in total. The maximum Gasteiger partial charge on any atom is 0.165 e. The molecule has 1 aromatic heterocycles. The Kier molecular flexibility index (Phi) is 4.33. The molecule has 5 rings (SSSR count). The van der Waals surface area contributed by atoms with Crippen LogP contribution in [0.4, 0.5) is 0 Å². The summed E-state index contributed by atoms with van der Waals surface area (Å²) in [5.41, 5.74) is 2.78. The fourth-order valence-electron chi connectivity index (χ4n) is 7.49. The van der Waals surface area contributed by atoms with Crippen LogP contribution in [0.3, 0.4) is 0 Å². The first-order valence-corrected chi connectivity index (χ1v) is 11.2. The third kappa shape index (κ3) is 2.36. The van der Waals surface area contributed by atoms with E-state index in [0.29, 0.717) is 11.8 Å². The highest BCUT2D eigenvalue weighted by molar-refractivity contribution is 5.88. The van der Waals surface area contributed by atoms with Gasteiger partial charge in [-0.2, -0.15) is 0 Å². The van der Waals surface area contributed by atoms with E-state index in [4.69, 9.17) is 0 Å². The zero-order chi connectivity index (χ0) is 21.3. The lowest BCUT2D eigenvalue weighted by atomic mass is 9.49. The molecule has 2 saturated carbocycles. The maximum atomic E-state index is 13.2. The van der Waals surface area contributed by atoms with E-state index >= 15 is 0 Å². The molecule has 30 heavy (non-hydrogen) atoms. The van der Waals surface area contributed by atoms with E-state index in [1.54, 1.807) is 6.33 Å². The van der Waals surface area contributed by atoms with Gasteiger partial charge in [-0.3, -0.25) is 4.79 Å². The van der Waals surface area contributed by atoms with Crippen molar-refractivity contribution in [2.24, 2.45) is 28.1 Å². The summed E-state index contributed by atoms with van der Waals surface area (Å²) in [5, 5.41) is 20.0. The first-order valence-electron chi connectivity index (χ1n) is 11.2. The van der Waals surface area contributed by atoms with Crippen molar-refractivity contribution in [1.29, 1.82) is 0 Å². The monoisotopic (exact) mass is 408 g/mol. The van der Waals surface area contributed by atoms with E-state index in [9.17, 15) is 15.0 Å². The molecule has 1 aromatic rings. The highest BCUT2D eigenvalue weighted by Crippen LogP contribution is 2.71. The molecule has 0 radical (unpaired) electrons. The molecule has 3 unspecified atom stereocenters. The van der Waals surface area contributed by atoms with Crippen molar-refractivity contribution in [1.82, 2.24) is 9.97 Å². The van der Waals surface area contributed by atoms with Gasteiger partial charge in [-0.05, 0) is 49.9 Å². The summed E-state index contributed by atoms with van der Waals surface area (Å²) in [4.78, 5) is 20.7. The number of nitrogens with zero attached hydrogens (tertiary/aromatic N) is 1. The molecule has 0 aromatic carbocycles. The van der Waals surface area contributed by atoms with Crippen molar-refractivity contribution in [3.63, 3.8) is 0 Å². The summed E-state index contributed by atoms with van der Waals surface area (Å²) < 4.78 is 0. The Morgan fingerprint density at radius 2 is 2.13 bits per heavy atom. The van der Waals surface area contributed by atoms with E-state index in [1.165, 1.54) is 11.1 Å². The molecule has 5 heteroatoms. The van der Waals surface area contributed by atoms with Crippen LogP contribution in [0.5, 0.6) is 0 Å². The van der Waals surface area contributed by atoms with Crippen molar-refractivity contribution in [3.05, 3.63) is 53.7 Å². The minimum absolute atomic E-state index is 0.0239. The summed E-state index contributed by atoms with van der Waals surface area (Å²) >= 11 is 0. The Labute approximate surface area is 178 Å². The van der Waals surface area contributed by atoms with Crippen LogP contribution in [0.15, 0.2) is 48.0 Å². The molecule has 0 amide bonds. The van der Waals surface area contributed by atoms with E-state index in [-0.39, 0.29) is 22.5 Å². The number of allylic oxidation sites excluding steroid dienone is 4. The van der Waals surface area contributed by atoms with Crippen LogP contribution in [0, 0.1) is 28.1 Å². The van der Waals surface area contributed by atoms with E-state index in [0.717, 1.165) is 31.4 Å². The molecular weight excluding hydrogens is 376 g/mol. The first-order chi connectivity index (χ1) is 14.3. The van der Waals surface area contributed by atoms with Gasteiger partial charge in [0.2, 0.25) is 0 Å². The number of nitrogens with one attached hydrogen (secondary N) is 1. The molecule has 0 aliphatic heterocycles. The van der Waals surface area contributed by atoms with Gasteiger partial charge < -0.3 is 15.2 Å². The topological polar surface area (TPSA) is 86.2 Å². The number of carbonyl (C=O) groups is 1. The Bertz CT molecular complexity index is 961. The quantitative estimate of drug-likeness (QED) is 0.666. The largest absolute Gasteiger partial charge is 0.389 e. The van der Waals surface area contributed by atoms with Crippen molar-refractivity contribution < 1.29 is 15.0 Å². The fraction of sp³-hybridized carbons (Fsp3) is 0.600. The molecule has 0 bridgehead atoms. The van der Waals surface area contributed by atoms with Gasteiger partial charge in [0.1, 0.15) is 6.61 Å². The smallest absolute Gasteiger partial charge is 0.165 e. The molecule has 0 saturated heterocycles. The summed E-state index contributed by atoms with van der Waals surface area (Å²) in [6.07, 6.45) is 15.3. The average molecular weight is 409 g/mol. The number of fused-ring (bicyclic) bond motifs is 5. The lowest BCUT2D eigenvalue weighted by Gasteiger charge is -2.54. The number of ketones is 1. The van der Waals surface area contributed by atoms with E-state index < -0.39 is 18.1 Å². The summed E-state index contributed by atoms with van der Waals surface area (Å²) in [5.74, 6) is 0.734. The number of hydrogen-bond acceptors (Lipinski definition) is 4. The molecule has 2 fully saturated rings. The molecule has 4 aliphatic rings. The van der Waals surface area contributed by atoms with Gasteiger partial charge in [0, 0.05) is 28.6 Å². The summed E-state index contributed by atoms with van der Waals surface area (Å²) in [7, 11) is 0. The highest BCUT2D eigenvalue weighted by atomic mass is 16.3. The summed E-state index contributed by atoms with van der Waals surface area (Å²) in [6, 6.07) is 0. The Hall–Kier alpha value is -1.98. The predicted molar refractivity (Wildman–Crippen MR) is 115 cm³/mol. The average Bonchev–Trinajstić information content (AvgIpc) is 3.33. The number of Topliss-reactive ketones (excluding diaryl/α,β-unsaturated/α-hetero) is 1. The molecular formula is C25H32N2O3. The minimum Gasteiger partial charge on any atom is -0.389 e. The number of imidazole rings is 1. The number of aliphatic hydroxyl groups excluding tert-OH is 2. The van der Waals surface area contributed by atoms with Crippen LogP contribution in [0.2, 0.25) is 0 Å². The standard InChI is InChI=1S/C25H32N2O3/c1-23-8-6-16(29)10-15(23)4-5-17-18(23)7-9-24(2)19(17)11-20(21-12-26-14-27-21)25(24,3)22(30)13-28/h6-8,10,12,14,16-17,19-20,28-29H,4-5,9,11,13H2,1-3H3,(H,26,27)/t16?,17?,19?,20-,23+,24+,25-/m1/s1. The van der Waals surface area contributed by atoms with Gasteiger partial charge in [0.25, 0.3) is 0 Å². The second-order valence-corrected chi connectivity index (χ2v) is 10.4. The number of H-pyrrole nitrogens is 1. The number of carbonyl (C=O) groups excluding carboxylic acids is 1. The lowest BCUT2D eigenvalue weighted by Crippen LogP contribution is -2.50. The molecule has 7 atom stereocenters. The molecule has 0 spiro atoms. The number of aromatic amines is 1. The number of aromatic nitrogens is 2. The SMILES string of the molecule is C[C@]12C=CC(O)C=C1CCC1C2=CC[C@@]2(C)C1C[C@H](c1cnc[nH]1)[C@]2(C)C(=O)CO. The molecule has 4 aliphatic carbocycles. The van der Waals surface area contributed by atoms with Gasteiger partial charge in [-0.1, -0.05) is 49.3 Å². The van der Waals surface area contributed by atoms with Crippen LogP contribution in [-0.4, -0.2) is 38.7 Å².